The van der Waals surface area contributed by atoms with Gasteiger partial charge in [-0.25, -0.2) is 13.6 Å². The third kappa shape index (κ3) is 4.85. The molecule has 1 N–H and O–H groups in total. The Labute approximate surface area is 228 Å². The van der Waals surface area contributed by atoms with Crippen molar-refractivity contribution in [2.45, 2.75) is 62.2 Å². The number of piperidine rings is 1. The highest BCUT2D eigenvalue weighted by Gasteiger charge is 2.40. The number of hydrogen-bond acceptors (Lipinski definition) is 2. The lowest BCUT2D eigenvalue weighted by Crippen LogP contribution is -2.46. The van der Waals surface area contributed by atoms with E-state index >= 15 is 0 Å². The molecule has 2 heterocycles. The van der Waals surface area contributed by atoms with Crippen LogP contribution in [0.1, 0.15) is 61.3 Å². The monoisotopic (exact) mass is 555 g/mol. The normalized spacial score (nSPS) is 19.3. The maximum Gasteiger partial charge on any atom is 0.416 e. The molecule has 1 aromatic heterocycles. The van der Waals surface area contributed by atoms with Gasteiger partial charge < -0.3 is 9.88 Å². The zero-order valence-electron chi connectivity index (χ0n) is 21.9. The molecule has 6 rings (SSSR count). The van der Waals surface area contributed by atoms with E-state index in [1.807, 2.05) is 24.3 Å². The summed E-state index contributed by atoms with van der Waals surface area (Å²) >= 11 is 0. The predicted octanol–water partition coefficient (Wildman–Crippen LogP) is 7.19. The van der Waals surface area contributed by atoms with Gasteiger partial charge in [0.1, 0.15) is 11.6 Å². The van der Waals surface area contributed by atoms with Gasteiger partial charge >= 0.3 is 11.9 Å². The second-order valence-corrected chi connectivity index (χ2v) is 11.1. The third-order valence-electron chi connectivity index (χ3n) is 9.03. The van der Waals surface area contributed by atoms with Crippen LogP contribution in [-0.4, -0.2) is 33.6 Å². The molecule has 1 aliphatic carbocycles. The summed E-state index contributed by atoms with van der Waals surface area (Å²) < 4.78 is 68.5. The summed E-state index contributed by atoms with van der Waals surface area (Å²) in [7, 11) is 0. The van der Waals surface area contributed by atoms with E-state index < -0.39 is 11.7 Å². The lowest BCUT2D eigenvalue weighted by Gasteiger charge is -2.46. The number of aromatic amines is 1. The molecule has 1 saturated heterocycles. The summed E-state index contributed by atoms with van der Waals surface area (Å²) in [5.74, 6) is -0.575. The topological polar surface area (TPSA) is 41.0 Å². The van der Waals surface area contributed by atoms with E-state index in [0.717, 1.165) is 74.9 Å². The van der Waals surface area contributed by atoms with Crippen LogP contribution < -0.4 is 5.69 Å². The smallest absolute Gasteiger partial charge is 0.306 e. The molecular formula is C31H30F5N3O. The maximum absolute atomic E-state index is 13.7. The minimum atomic E-state index is -4.47. The summed E-state index contributed by atoms with van der Waals surface area (Å²) in [5.41, 5.74) is 1.29. The lowest BCUT2D eigenvalue weighted by molar-refractivity contribution is -0.137. The first-order chi connectivity index (χ1) is 19.1. The van der Waals surface area contributed by atoms with E-state index in [-0.39, 0.29) is 34.3 Å². The summed E-state index contributed by atoms with van der Waals surface area (Å²) in [6, 6.07) is 16.9. The summed E-state index contributed by atoms with van der Waals surface area (Å²) in [6.07, 6.45) is 0.524. The number of benzene rings is 3. The van der Waals surface area contributed by atoms with Crippen LogP contribution in [0.5, 0.6) is 0 Å². The van der Waals surface area contributed by atoms with Crippen LogP contribution in [0.2, 0.25) is 0 Å². The molecule has 3 aromatic carbocycles. The molecule has 1 aliphatic heterocycles. The van der Waals surface area contributed by atoms with Crippen molar-refractivity contribution >= 4 is 11.0 Å². The fourth-order valence-electron chi connectivity index (χ4n) is 6.92. The first-order valence-corrected chi connectivity index (χ1v) is 13.7. The molecular weight excluding hydrogens is 525 g/mol. The molecule has 40 heavy (non-hydrogen) atoms. The van der Waals surface area contributed by atoms with Crippen molar-refractivity contribution in [2.24, 2.45) is 0 Å². The van der Waals surface area contributed by atoms with Crippen molar-refractivity contribution in [3.8, 4) is 0 Å². The molecule has 0 spiro atoms. The standard InChI is InChI=1S/C31H30F5N3O/c32-23-6-1-20(2-7-23)30(21-3-8-24(33)9-4-21)15-11-25(12-16-30)38-17-13-26(14-18-38)39-28-10-5-22(31(34,35)36)19-27(28)37-29(39)40/h1-10,19,25-26H,11-18H2,(H,37,40). The Balaban J connectivity index is 1.16. The average molecular weight is 556 g/mol. The Bertz CT molecular complexity index is 1490. The van der Waals surface area contributed by atoms with Crippen molar-refractivity contribution < 1.29 is 22.0 Å². The Morgan fingerprint density at radius 3 is 1.82 bits per heavy atom. The van der Waals surface area contributed by atoms with Gasteiger partial charge in [0.15, 0.2) is 0 Å². The summed E-state index contributed by atoms with van der Waals surface area (Å²) in [4.78, 5) is 17.8. The number of fused-ring (bicyclic) bond motifs is 1. The van der Waals surface area contributed by atoms with Crippen LogP contribution in [-0.2, 0) is 11.6 Å². The van der Waals surface area contributed by atoms with Crippen LogP contribution >= 0.6 is 0 Å². The minimum Gasteiger partial charge on any atom is -0.306 e. The zero-order valence-corrected chi connectivity index (χ0v) is 21.9. The number of H-pyrrole nitrogens is 1. The van der Waals surface area contributed by atoms with Crippen molar-refractivity contribution in [3.05, 3.63) is 106 Å². The Kier molecular flexibility index (Phi) is 6.81. The first-order valence-electron chi connectivity index (χ1n) is 13.7. The molecule has 0 atom stereocenters. The first kappa shape index (κ1) is 26.7. The van der Waals surface area contributed by atoms with E-state index in [1.54, 1.807) is 4.57 Å². The van der Waals surface area contributed by atoms with Gasteiger partial charge in [0.2, 0.25) is 0 Å². The number of alkyl halides is 3. The van der Waals surface area contributed by atoms with Gasteiger partial charge in [-0.15, -0.1) is 0 Å². The second kappa shape index (κ2) is 10.2. The van der Waals surface area contributed by atoms with Gasteiger partial charge in [0, 0.05) is 30.6 Å². The van der Waals surface area contributed by atoms with Crippen molar-refractivity contribution in [2.75, 3.05) is 13.1 Å². The van der Waals surface area contributed by atoms with Crippen molar-refractivity contribution in [3.63, 3.8) is 0 Å². The van der Waals surface area contributed by atoms with E-state index in [0.29, 0.717) is 11.6 Å². The minimum absolute atomic E-state index is 0.0876. The highest BCUT2D eigenvalue weighted by Crippen LogP contribution is 2.46. The Hall–Kier alpha value is -3.46. The predicted molar refractivity (Wildman–Crippen MR) is 143 cm³/mol. The maximum atomic E-state index is 13.7. The van der Waals surface area contributed by atoms with E-state index in [4.69, 9.17) is 0 Å². The number of halogens is 5. The molecule has 2 fully saturated rings. The average Bonchev–Trinajstić information content (AvgIpc) is 3.28. The number of aromatic nitrogens is 2. The third-order valence-corrected chi connectivity index (χ3v) is 9.03. The second-order valence-electron chi connectivity index (χ2n) is 11.1. The largest absolute Gasteiger partial charge is 0.416 e. The number of nitrogens with one attached hydrogen (secondary N) is 1. The van der Waals surface area contributed by atoms with Gasteiger partial charge in [-0.3, -0.25) is 4.57 Å². The number of rotatable bonds is 4. The summed E-state index contributed by atoms with van der Waals surface area (Å²) in [5, 5.41) is 0. The molecule has 0 unspecified atom stereocenters. The van der Waals surface area contributed by atoms with Crippen LogP contribution in [0.15, 0.2) is 71.5 Å². The fourth-order valence-corrected chi connectivity index (χ4v) is 6.92. The van der Waals surface area contributed by atoms with Gasteiger partial charge in [0.25, 0.3) is 0 Å². The van der Waals surface area contributed by atoms with Crippen LogP contribution in [0, 0.1) is 11.6 Å². The molecule has 0 bridgehead atoms. The molecule has 4 nitrogen and oxygen atoms in total. The number of nitrogens with zero attached hydrogens (tertiary/aromatic N) is 2. The lowest BCUT2D eigenvalue weighted by atomic mass is 9.64. The van der Waals surface area contributed by atoms with E-state index in [2.05, 4.69) is 9.88 Å². The molecule has 4 aromatic rings. The number of hydrogen-bond donors (Lipinski definition) is 1. The molecule has 0 amide bonds. The molecule has 2 aliphatic rings. The van der Waals surface area contributed by atoms with Crippen LogP contribution in [0.3, 0.4) is 0 Å². The van der Waals surface area contributed by atoms with E-state index in [1.165, 1.54) is 30.3 Å². The Morgan fingerprint density at radius 2 is 1.30 bits per heavy atom. The van der Waals surface area contributed by atoms with Crippen LogP contribution in [0.25, 0.3) is 11.0 Å². The number of imidazole rings is 1. The fraction of sp³-hybridized carbons (Fsp3) is 0.387. The van der Waals surface area contributed by atoms with Gasteiger partial charge in [0.05, 0.1) is 16.6 Å². The summed E-state index contributed by atoms with van der Waals surface area (Å²) in [6.45, 7) is 1.57. The zero-order chi connectivity index (χ0) is 28.1. The van der Waals surface area contributed by atoms with Crippen LogP contribution in [0.4, 0.5) is 22.0 Å². The van der Waals surface area contributed by atoms with Crippen molar-refractivity contribution in [1.82, 2.24) is 14.5 Å². The Morgan fingerprint density at radius 1 is 0.750 bits per heavy atom. The van der Waals surface area contributed by atoms with Gasteiger partial charge in [-0.05, 0) is 92.1 Å². The quantitative estimate of drug-likeness (QED) is 0.271. The van der Waals surface area contributed by atoms with E-state index in [9.17, 15) is 26.7 Å². The highest BCUT2D eigenvalue weighted by atomic mass is 19.4. The van der Waals surface area contributed by atoms with Gasteiger partial charge in [-0.2, -0.15) is 13.2 Å². The molecule has 210 valence electrons. The highest BCUT2D eigenvalue weighted by molar-refractivity contribution is 5.76. The molecule has 0 radical (unpaired) electrons. The SMILES string of the molecule is O=c1[nH]c2cc(C(F)(F)F)ccc2n1C1CCN(C2CCC(c3ccc(F)cc3)(c3ccc(F)cc3)CC2)CC1. The molecule has 1 saturated carbocycles. The van der Waals surface area contributed by atoms with Gasteiger partial charge in [-0.1, -0.05) is 24.3 Å². The molecule has 9 heteroatoms. The van der Waals surface area contributed by atoms with Crippen molar-refractivity contribution in [1.29, 1.82) is 0 Å². The number of likely N-dealkylation sites (tertiary alicyclic amines) is 1.